The molecule has 3 fully saturated rings. The zero-order chi connectivity index (χ0) is 34.4. The van der Waals surface area contributed by atoms with Gasteiger partial charge in [0.25, 0.3) is 5.91 Å². The molecule has 3 amide bonds. The number of fused-ring (bicyclic) bond motifs is 1. The topological polar surface area (TPSA) is 113 Å². The third kappa shape index (κ3) is 8.92. The normalized spacial score (nSPS) is 19.8. The zero-order valence-electron chi connectivity index (χ0n) is 29.5. The fraction of sp³-hybridized carbons (Fsp3) is 0.575. The van der Waals surface area contributed by atoms with Crippen LogP contribution in [-0.2, 0) is 26.2 Å². The predicted molar refractivity (Wildman–Crippen MR) is 191 cm³/mol. The first-order chi connectivity index (χ1) is 23.6. The van der Waals surface area contributed by atoms with Gasteiger partial charge in [0.05, 0.1) is 0 Å². The minimum Gasteiger partial charge on any atom is -0.451 e. The minimum absolute atomic E-state index is 0.0370. The van der Waals surface area contributed by atoms with Gasteiger partial charge < -0.3 is 30.0 Å². The first kappa shape index (κ1) is 35.1. The van der Waals surface area contributed by atoms with Crippen LogP contribution in [0.15, 0.2) is 59.0 Å². The molecule has 0 unspecified atom stereocenters. The van der Waals surface area contributed by atoms with Gasteiger partial charge in [0, 0.05) is 38.1 Å². The lowest BCUT2D eigenvalue weighted by molar-refractivity contribution is -0.132. The number of ether oxygens (including phenoxy) is 1. The highest BCUT2D eigenvalue weighted by atomic mass is 16.5. The maximum Gasteiger partial charge on any atom is 0.287 e. The van der Waals surface area contributed by atoms with Crippen LogP contribution in [0.4, 0.5) is 0 Å². The van der Waals surface area contributed by atoms with E-state index in [4.69, 9.17) is 9.15 Å². The summed E-state index contributed by atoms with van der Waals surface area (Å²) in [6, 6.07) is 16.7. The third-order valence-corrected chi connectivity index (χ3v) is 10.9. The van der Waals surface area contributed by atoms with Crippen molar-refractivity contribution in [3.05, 3.63) is 71.5 Å². The van der Waals surface area contributed by atoms with Crippen LogP contribution < -0.4 is 16.0 Å². The number of hydrogen-bond donors (Lipinski definition) is 3. The van der Waals surface area contributed by atoms with Gasteiger partial charge in [-0.15, -0.1) is 0 Å². The third-order valence-electron chi connectivity index (χ3n) is 10.9. The summed E-state index contributed by atoms with van der Waals surface area (Å²) in [5.74, 6) is 0.387. The molecular weight excluding hydrogens is 616 g/mol. The van der Waals surface area contributed by atoms with Crippen molar-refractivity contribution in [2.45, 2.75) is 95.6 Å². The Hall–Kier alpha value is -3.69. The average molecular weight is 671 g/mol. The van der Waals surface area contributed by atoms with Gasteiger partial charge >= 0.3 is 0 Å². The number of likely N-dealkylation sites (tertiary alicyclic amines) is 1. The summed E-state index contributed by atoms with van der Waals surface area (Å²) in [7, 11) is 0. The molecule has 3 aromatic rings. The van der Waals surface area contributed by atoms with Gasteiger partial charge in [0.2, 0.25) is 11.8 Å². The van der Waals surface area contributed by atoms with Crippen LogP contribution in [0.25, 0.3) is 11.0 Å². The van der Waals surface area contributed by atoms with Gasteiger partial charge in [0.15, 0.2) is 5.76 Å². The van der Waals surface area contributed by atoms with E-state index in [0.29, 0.717) is 37.3 Å². The number of rotatable bonds is 11. The van der Waals surface area contributed by atoms with Crippen molar-refractivity contribution in [2.75, 3.05) is 39.4 Å². The second kappa shape index (κ2) is 15.5. The first-order valence-corrected chi connectivity index (χ1v) is 18.4. The molecule has 1 atom stereocenters. The molecule has 2 aromatic carbocycles. The fourth-order valence-electron chi connectivity index (χ4n) is 7.68. The van der Waals surface area contributed by atoms with Crippen molar-refractivity contribution in [1.29, 1.82) is 0 Å². The minimum atomic E-state index is -1.11. The smallest absolute Gasteiger partial charge is 0.287 e. The molecule has 3 aliphatic rings. The van der Waals surface area contributed by atoms with Crippen molar-refractivity contribution in [3.63, 3.8) is 0 Å². The molecule has 0 bridgehead atoms. The number of carbonyl (C=O) groups is 3. The van der Waals surface area contributed by atoms with Crippen LogP contribution in [0.3, 0.4) is 0 Å². The van der Waals surface area contributed by atoms with Crippen molar-refractivity contribution in [3.8, 4) is 0 Å². The highest BCUT2D eigenvalue weighted by molar-refractivity contribution is 6.01. The molecule has 1 aliphatic carbocycles. The number of nitrogens with zero attached hydrogens (tertiary/aromatic N) is 1. The van der Waals surface area contributed by atoms with Crippen LogP contribution in [-0.4, -0.2) is 73.6 Å². The maximum atomic E-state index is 14.1. The Kier molecular flexibility index (Phi) is 11.1. The molecular formula is C40H54N4O5. The fourth-order valence-corrected chi connectivity index (χ4v) is 7.68. The summed E-state index contributed by atoms with van der Waals surface area (Å²) < 4.78 is 11.5. The van der Waals surface area contributed by atoms with E-state index in [9.17, 15) is 14.4 Å². The summed E-state index contributed by atoms with van der Waals surface area (Å²) in [6.45, 7) is 12.0. The monoisotopic (exact) mass is 670 g/mol. The van der Waals surface area contributed by atoms with Gasteiger partial charge in [-0.25, -0.2) is 0 Å². The largest absolute Gasteiger partial charge is 0.451 e. The molecule has 264 valence electrons. The zero-order valence-corrected chi connectivity index (χ0v) is 29.5. The van der Waals surface area contributed by atoms with E-state index >= 15 is 0 Å². The van der Waals surface area contributed by atoms with E-state index in [2.05, 4.69) is 47.7 Å². The number of amides is 3. The molecule has 2 saturated heterocycles. The van der Waals surface area contributed by atoms with Gasteiger partial charge in [-0.2, -0.15) is 0 Å². The van der Waals surface area contributed by atoms with Crippen LogP contribution in [0, 0.1) is 11.8 Å². The van der Waals surface area contributed by atoms with E-state index in [1.807, 2.05) is 42.5 Å². The molecule has 1 aromatic heterocycles. The Morgan fingerprint density at radius 1 is 0.918 bits per heavy atom. The van der Waals surface area contributed by atoms with E-state index < -0.39 is 17.5 Å². The van der Waals surface area contributed by atoms with Crippen LogP contribution >= 0.6 is 0 Å². The molecule has 9 heteroatoms. The van der Waals surface area contributed by atoms with Crippen molar-refractivity contribution >= 4 is 28.7 Å². The second-order valence-electron chi connectivity index (χ2n) is 15.6. The lowest BCUT2D eigenvalue weighted by Crippen LogP contribution is -2.61. The number of nitrogens with one attached hydrogen (secondary N) is 3. The lowest BCUT2D eigenvalue weighted by Gasteiger charge is -2.35. The van der Waals surface area contributed by atoms with E-state index in [1.54, 1.807) is 6.07 Å². The molecule has 9 nitrogen and oxygen atoms in total. The Labute approximate surface area is 290 Å². The lowest BCUT2D eigenvalue weighted by atomic mass is 9.86. The van der Waals surface area contributed by atoms with Crippen LogP contribution in [0.5, 0.6) is 0 Å². The van der Waals surface area contributed by atoms with Crippen molar-refractivity contribution < 1.29 is 23.5 Å². The second-order valence-corrected chi connectivity index (χ2v) is 15.6. The number of carbonyl (C=O) groups excluding carboxylic acids is 3. The maximum absolute atomic E-state index is 14.1. The summed E-state index contributed by atoms with van der Waals surface area (Å²) >= 11 is 0. The number of piperidine rings is 1. The van der Waals surface area contributed by atoms with Crippen molar-refractivity contribution in [1.82, 2.24) is 20.9 Å². The first-order valence-electron chi connectivity index (χ1n) is 18.4. The van der Waals surface area contributed by atoms with Gasteiger partial charge in [0.1, 0.15) is 17.2 Å². The highest BCUT2D eigenvalue weighted by Crippen LogP contribution is 2.32. The summed E-state index contributed by atoms with van der Waals surface area (Å²) in [5, 5.41) is 10.2. The number of furan rings is 1. The molecule has 1 saturated carbocycles. The summed E-state index contributed by atoms with van der Waals surface area (Å²) in [4.78, 5) is 44.1. The number of benzene rings is 2. The Morgan fingerprint density at radius 3 is 2.33 bits per heavy atom. The number of hydrogen-bond acceptors (Lipinski definition) is 6. The quantitative estimate of drug-likeness (QED) is 0.239. The molecule has 49 heavy (non-hydrogen) atoms. The predicted octanol–water partition coefficient (Wildman–Crippen LogP) is 5.76. The molecule has 3 heterocycles. The highest BCUT2D eigenvalue weighted by Gasteiger charge is 2.44. The standard InChI is InChI=1S/C40H54N4O5/c1-39(2,3)32-11-12-34-31(24-32)25-35(49-34)37(46)43-40(17-7-8-18-40)38(47)42-33(23-28-9-5-4-6-10-28)36(45)41-26-29-13-19-44(20-14-29)27-30-15-21-48-22-16-30/h4-6,9-12,24-25,29-30,33H,7-8,13-23,26-27H2,1-3H3,(H,41,45)(H,42,47)(H,43,46)/t33-/m1/s1. The van der Waals surface area contributed by atoms with Gasteiger partial charge in [-0.3, -0.25) is 14.4 Å². The van der Waals surface area contributed by atoms with Crippen LogP contribution in [0.2, 0.25) is 0 Å². The summed E-state index contributed by atoms with van der Waals surface area (Å²) in [5.41, 5.74) is 1.60. The van der Waals surface area contributed by atoms with Gasteiger partial charge in [-0.1, -0.05) is 70.0 Å². The molecule has 0 spiro atoms. The molecule has 3 N–H and O–H groups in total. The molecule has 0 radical (unpaired) electrons. The Balaban J connectivity index is 1.09. The van der Waals surface area contributed by atoms with Crippen molar-refractivity contribution in [2.24, 2.45) is 11.8 Å². The van der Waals surface area contributed by atoms with E-state index in [0.717, 1.165) is 93.8 Å². The SMILES string of the molecule is CC(C)(C)c1ccc2oc(C(=O)NC3(C(=O)N[C@H](Cc4ccccc4)C(=O)NCC4CCN(CC5CCOCC5)CC4)CCCC3)cc2c1. The molecule has 6 rings (SSSR count). The molecule has 2 aliphatic heterocycles. The van der Waals surface area contributed by atoms with E-state index in [1.165, 1.54) is 0 Å². The van der Waals surface area contributed by atoms with Crippen LogP contribution in [0.1, 0.15) is 93.8 Å². The van der Waals surface area contributed by atoms with Gasteiger partial charge in [-0.05, 0) is 98.2 Å². The Bertz CT molecular complexity index is 1570. The Morgan fingerprint density at radius 2 is 1.63 bits per heavy atom. The average Bonchev–Trinajstić information content (AvgIpc) is 3.76. The van der Waals surface area contributed by atoms with E-state index in [-0.39, 0.29) is 23.0 Å². The summed E-state index contributed by atoms with van der Waals surface area (Å²) in [6.07, 6.45) is 7.39.